The van der Waals surface area contributed by atoms with Crippen LogP contribution in [0.15, 0.2) is 48.5 Å². The minimum atomic E-state index is -0.206. The number of anilines is 1. The third kappa shape index (κ3) is 7.86. The van der Waals surface area contributed by atoms with E-state index in [0.29, 0.717) is 18.7 Å². The minimum Gasteiger partial charge on any atom is -0.399 e. The Morgan fingerprint density at radius 3 is 2.43 bits per heavy atom. The summed E-state index contributed by atoms with van der Waals surface area (Å²) >= 11 is 0. The molecule has 0 aromatic heterocycles. The zero-order chi connectivity index (χ0) is 19.9. The number of benzene rings is 2. The molecule has 5 N–H and O–H groups in total. The van der Waals surface area contributed by atoms with E-state index in [9.17, 15) is 9.59 Å². The van der Waals surface area contributed by atoms with Crippen molar-refractivity contribution in [3.8, 4) is 0 Å². The lowest BCUT2D eigenvalue weighted by Crippen LogP contribution is -2.40. The van der Waals surface area contributed by atoms with Gasteiger partial charge in [0.15, 0.2) is 0 Å². The van der Waals surface area contributed by atoms with E-state index in [2.05, 4.69) is 22.3 Å². The molecule has 2 amide bonds. The van der Waals surface area contributed by atoms with E-state index in [1.165, 1.54) is 5.56 Å². The van der Waals surface area contributed by atoms with Crippen LogP contribution in [0.5, 0.6) is 0 Å². The number of halogens is 2. The Balaban J connectivity index is 0.00000225. The molecule has 6 nitrogen and oxygen atoms in total. The molecule has 3 rings (SSSR count). The highest BCUT2D eigenvalue weighted by Gasteiger charge is 2.23. The average molecular weight is 453 g/mol. The first kappa shape index (κ1) is 25.8. The maximum atomic E-state index is 12.2. The molecule has 2 aromatic carbocycles. The summed E-state index contributed by atoms with van der Waals surface area (Å²) in [6.45, 7) is 2.98. The predicted octanol–water partition coefficient (Wildman–Crippen LogP) is 2.67. The van der Waals surface area contributed by atoms with E-state index in [1.54, 1.807) is 12.1 Å². The van der Waals surface area contributed by atoms with E-state index < -0.39 is 0 Å². The number of hydrogen-bond acceptors (Lipinski definition) is 4. The molecule has 1 fully saturated rings. The molecule has 0 saturated carbocycles. The van der Waals surface area contributed by atoms with Crippen LogP contribution in [-0.2, 0) is 29.1 Å². The standard InChI is InChI=1S/C22H28N4O2.2ClH/c23-20-8-6-16(7-9-20)12-21(27)25-13-17-3-1-4-18(11-17)14-26-10-2-5-19(15-26)22(24)28;;/h1,3-4,6-9,11,19H,2,5,10,12-15,23H2,(H2,24,28)(H,25,27);2*1H. The zero-order valence-electron chi connectivity index (χ0n) is 16.9. The van der Waals surface area contributed by atoms with Crippen LogP contribution in [0.4, 0.5) is 5.69 Å². The van der Waals surface area contributed by atoms with Crippen LogP contribution < -0.4 is 16.8 Å². The quantitative estimate of drug-likeness (QED) is 0.561. The zero-order valence-corrected chi connectivity index (χ0v) is 18.5. The number of hydrogen-bond donors (Lipinski definition) is 3. The molecule has 164 valence electrons. The van der Waals surface area contributed by atoms with Crippen LogP contribution in [0.25, 0.3) is 0 Å². The van der Waals surface area contributed by atoms with Crippen molar-refractivity contribution in [2.75, 3.05) is 18.8 Å². The molecule has 1 aliphatic heterocycles. The van der Waals surface area contributed by atoms with Gasteiger partial charge in [-0.3, -0.25) is 14.5 Å². The molecule has 8 heteroatoms. The monoisotopic (exact) mass is 452 g/mol. The van der Waals surface area contributed by atoms with Crippen LogP contribution in [0.1, 0.15) is 29.5 Å². The van der Waals surface area contributed by atoms with Gasteiger partial charge in [-0.15, -0.1) is 24.8 Å². The molecule has 1 heterocycles. The second kappa shape index (κ2) is 12.4. The molecule has 0 aliphatic carbocycles. The summed E-state index contributed by atoms with van der Waals surface area (Å²) in [5, 5.41) is 2.97. The van der Waals surface area contributed by atoms with Gasteiger partial charge in [-0.05, 0) is 48.2 Å². The largest absolute Gasteiger partial charge is 0.399 e. The molecule has 1 saturated heterocycles. The van der Waals surface area contributed by atoms with E-state index in [-0.39, 0.29) is 42.5 Å². The number of rotatable bonds is 7. The second-order valence-corrected chi connectivity index (χ2v) is 7.49. The number of carbonyl (C=O) groups excluding carboxylic acids is 2. The summed E-state index contributed by atoms with van der Waals surface area (Å²) in [5.41, 5.74) is 15.0. The number of nitrogens with zero attached hydrogens (tertiary/aromatic N) is 1. The van der Waals surface area contributed by atoms with Gasteiger partial charge in [-0.1, -0.05) is 36.4 Å². The lowest BCUT2D eigenvalue weighted by molar-refractivity contribution is -0.123. The first-order chi connectivity index (χ1) is 13.5. The number of piperidine rings is 1. The predicted molar refractivity (Wildman–Crippen MR) is 125 cm³/mol. The van der Waals surface area contributed by atoms with E-state index in [4.69, 9.17) is 11.5 Å². The summed E-state index contributed by atoms with van der Waals surface area (Å²) in [6, 6.07) is 15.5. The smallest absolute Gasteiger partial charge is 0.224 e. The highest BCUT2D eigenvalue weighted by atomic mass is 35.5. The van der Waals surface area contributed by atoms with Crippen LogP contribution in [0.2, 0.25) is 0 Å². The first-order valence-electron chi connectivity index (χ1n) is 9.70. The summed E-state index contributed by atoms with van der Waals surface area (Å²) in [4.78, 5) is 25.9. The third-order valence-electron chi connectivity index (χ3n) is 5.14. The fraction of sp³-hybridized carbons (Fsp3) is 0.364. The van der Waals surface area contributed by atoms with Crippen LogP contribution >= 0.6 is 24.8 Å². The van der Waals surface area contributed by atoms with Gasteiger partial charge in [-0.2, -0.15) is 0 Å². The number of nitrogen functional groups attached to an aromatic ring is 1. The minimum absolute atomic E-state index is 0. The van der Waals surface area contributed by atoms with Crippen molar-refractivity contribution in [1.82, 2.24) is 10.2 Å². The lowest BCUT2D eigenvalue weighted by atomic mass is 9.97. The third-order valence-corrected chi connectivity index (χ3v) is 5.14. The number of amides is 2. The Labute approximate surface area is 190 Å². The molecule has 0 bridgehead atoms. The summed E-state index contributed by atoms with van der Waals surface area (Å²) in [5.74, 6) is -0.276. The number of likely N-dealkylation sites (tertiary alicyclic amines) is 1. The Morgan fingerprint density at radius 1 is 1.03 bits per heavy atom. The maximum Gasteiger partial charge on any atom is 0.224 e. The normalized spacial score (nSPS) is 16.1. The molecule has 0 spiro atoms. The number of nitrogens with one attached hydrogen (secondary N) is 1. The van der Waals surface area contributed by atoms with E-state index in [0.717, 1.165) is 43.6 Å². The van der Waals surface area contributed by atoms with Crippen LogP contribution in [0, 0.1) is 5.92 Å². The van der Waals surface area contributed by atoms with Crippen LogP contribution in [-0.4, -0.2) is 29.8 Å². The fourth-order valence-corrected chi connectivity index (χ4v) is 3.61. The van der Waals surface area contributed by atoms with Gasteiger partial charge in [-0.25, -0.2) is 0 Å². The first-order valence-corrected chi connectivity index (χ1v) is 9.70. The van der Waals surface area contributed by atoms with Gasteiger partial charge < -0.3 is 16.8 Å². The molecule has 0 radical (unpaired) electrons. The number of carbonyl (C=O) groups is 2. The summed E-state index contributed by atoms with van der Waals surface area (Å²) < 4.78 is 0. The molecular formula is C22H30Cl2N4O2. The topological polar surface area (TPSA) is 101 Å². The fourth-order valence-electron chi connectivity index (χ4n) is 3.61. The number of nitrogens with two attached hydrogens (primary N) is 2. The Bertz CT molecular complexity index is 830. The molecule has 2 aromatic rings. The van der Waals surface area contributed by atoms with E-state index in [1.807, 2.05) is 24.3 Å². The van der Waals surface area contributed by atoms with Crippen molar-refractivity contribution in [2.24, 2.45) is 11.7 Å². The van der Waals surface area contributed by atoms with Crippen molar-refractivity contribution in [3.63, 3.8) is 0 Å². The highest BCUT2D eigenvalue weighted by Crippen LogP contribution is 2.18. The van der Waals surface area contributed by atoms with Gasteiger partial charge in [0.25, 0.3) is 0 Å². The van der Waals surface area contributed by atoms with Crippen molar-refractivity contribution < 1.29 is 9.59 Å². The van der Waals surface area contributed by atoms with Gasteiger partial charge in [0.2, 0.25) is 11.8 Å². The van der Waals surface area contributed by atoms with Gasteiger partial charge in [0.1, 0.15) is 0 Å². The molecular weight excluding hydrogens is 423 g/mol. The lowest BCUT2D eigenvalue weighted by Gasteiger charge is -2.31. The average Bonchev–Trinajstić information content (AvgIpc) is 2.69. The Hall–Kier alpha value is -2.28. The maximum absolute atomic E-state index is 12.2. The van der Waals surface area contributed by atoms with Crippen molar-refractivity contribution in [1.29, 1.82) is 0 Å². The van der Waals surface area contributed by atoms with Crippen molar-refractivity contribution in [2.45, 2.75) is 32.4 Å². The van der Waals surface area contributed by atoms with Crippen molar-refractivity contribution in [3.05, 3.63) is 65.2 Å². The number of primary amides is 1. The van der Waals surface area contributed by atoms with Gasteiger partial charge in [0.05, 0.1) is 12.3 Å². The second-order valence-electron chi connectivity index (χ2n) is 7.49. The highest BCUT2D eigenvalue weighted by molar-refractivity contribution is 5.85. The molecule has 1 unspecified atom stereocenters. The van der Waals surface area contributed by atoms with Crippen molar-refractivity contribution >= 4 is 42.3 Å². The van der Waals surface area contributed by atoms with Gasteiger partial charge >= 0.3 is 0 Å². The van der Waals surface area contributed by atoms with E-state index >= 15 is 0 Å². The molecule has 1 aliphatic rings. The molecule has 30 heavy (non-hydrogen) atoms. The Kier molecular flexibility index (Phi) is 10.7. The SMILES string of the molecule is Cl.Cl.NC(=O)C1CCCN(Cc2cccc(CNC(=O)Cc3ccc(N)cc3)c2)C1. The van der Waals surface area contributed by atoms with Crippen LogP contribution in [0.3, 0.4) is 0 Å². The van der Waals surface area contributed by atoms with Gasteiger partial charge in [0, 0.05) is 25.3 Å². The molecule has 1 atom stereocenters. The summed E-state index contributed by atoms with van der Waals surface area (Å²) in [6.07, 6.45) is 2.21. The summed E-state index contributed by atoms with van der Waals surface area (Å²) in [7, 11) is 0. The Morgan fingerprint density at radius 2 is 1.73 bits per heavy atom.